The maximum Gasteiger partial charge on any atom is 0.240 e. The molecule has 0 aliphatic heterocycles. The molecule has 0 aromatic rings. The Bertz CT molecular complexity index is 232. The van der Waals surface area contributed by atoms with E-state index in [0.29, 0.717) is 17.8 Å². The first-order valence-electron chi connectivity index (χ1n) is 5.93. The van der Waals surface area contributed by atoms with Crippen LogP contribution < -0.4 is 11.1 Å². The Kier molecular flexibility index (Phi) is 3.77. The molecule has 1 fully saturated rings. The van der Waals surface area contributed by atoms with Gasteiger partial charge in [0.25, 0.3) is 0 Å². The molecule has 15 heavy (non-hydrogen) atoms. The molecule has 0 spiro atoms. The summed E-state index contributed by atoms with van der Waals surface area (Å²) in [6.07, 6.45) is 2.19. The molecule has 88 valence electrons. The Labute approximate surface area is 92.8 Å². The van der Waals surface area contributed by atoms with E-state index < -0.39 is 5.54 Å². The zero-order valence-electron chi connectivity index (χ0n) is 10.3. The highest BCUT2D eigenvalue weighted by molar-refractivity contribution is 5.86. The lowest BCUT2D eigenvalue weighted by atomic mass is 9.94. The number of rotatable bonds is 5. The first kappa shape index (κ1) is 12.5. The molecule has 0 aromatic heterocycles. The van der Waals surface area contributed by atoms with Gasteiger partial charge in [0.2, 0.25) is 5.91 Å². The molecule has 1 rings (SSSR count). The number of hydrogen-bond acceptors (Lipinski definition) is 2. The highest BCUT2D eigenvalue weighted by Gasteiger charge is 2.43. The zero-order valence-corrected chi connectivity index (χ0v) is 10.3. The number of carbonyl (C=O) groups excluding carboxylic acids is 1. The van der Waals surface area contributed by atoms with Crippen molar-refractivity contribution in [1.82, 2.24) is 5.32 Å². The van der Waals surface area contributed by atoms with E-state index in [-0.39, 0.29) is 5.91 Å². The average Bonchev–Trinajstić information content (AvgIpc) is 2.95. The monoisotopic (exact) mass is 212 g/mol. The van der Waals surface area contributed by atoms with E-state index in [1.807, 2.05) is 6.92 Å². The molecular formula is C12H24N2O. The predicted octanol–water partition coefficient (Wildman–Crippen LogP) is 1.52. The minimum atomic E-state index is -0.656. The SMILES string of the molecule is CC(C)C(C)CNC(=O)C(C)(N)C1CC1. The normalized spacial score (nSPS) is 22.3. The van der Waals surface area contributed by atoms with Crippen molar-refractivity contribution in [3.8, 4) is 0 Å². The maximum atomic E-state index is 11.8. The van der Waals surface area contributed by atoms with Crippen LogP contribution in [0.1, 0.15) is 40.5 Å². The molecular weight excluding hydrogens is 188 g/mol. The molecule has 1 saturated carbocycles. The number of amides is 1. The van der Waals surface area contributed by atoms with Crippen LogP contribution in [0.15, 0.2) is 0 Å². The van der Waals surface area contributed by atoms with Gasteiger partial charge in [-0.25, -0.2) is 0 Å². The van der Waals surface area contributed by atoms with Crippen molar-refractivity contribution in [1.29, 1.82) is 0 Å². The van der Waals surface area contributed by atoms with Crippen molar-refractivity contribution >= 4 is 5.91 Å². The van der Waals surface area contributed by atoms with E-state index in [9.17, 15) is 4.79 Å². The van der Waals surface area contributed by atoms with Gasteiger partial charge in [-0.3, -0.25) is 4.79 Å². The summed E-state index contributed by atoms with van der Waals surface area (Å²) in [5.74, 6) is 1.50. The summed E-state index contributed by atoms with van der Waals surface area (Å²) in [6, 6.07) is 0. The number of nitrogens with one attached hydrogen (secondary N) is 1. The van der Waals surface area contributed by atoms with Gasteiger partial charge >= 0.3 is 0 Å². The second-order valence-corrected chi connectivity index (χ2v) is 5.49. The van der Waals surface area contributed by atoms with Gasteiger partial charge in [-0.1, -0.05) is 20.8 Å². The number of hydrogen-bond donors (Lipinski definition) is 2. The molecule has 0 saturated heterocycles. The Hall–Kier alpha value is -0.570. The van der Waals surface area contributed by atoms with Gasteiger partial charge in [0.05, 0.1) is 5.54 Å². The third kappa shape index (κ3) is 3.20. The molecule has 3 nitrogen and oxygen atoms in total. The van der Waals surface area contributed by atoms with Crippen molar-refractivity contribution in [3.63, 3.8) is 0 Å². The third-order valence-corrected chi connectivity index (χ3v) is 3.64. The molecule has 3 N–H and O–H groups in total. The summed E-state index contributed by atoms with van der Waals surface area (Å²) in [4.78, 5) is 11.8. The van der Waals surface area contributed by atoms with Crippen LogP contribution in [0.5, 0.6) is 0 Å². The third-order valence-electron chi connectivity index (χ3n) is 3.64. The van der Waals surface area contributed by atoms with Crippen LogP contribution in [-0.2, 0) is 4.79 Å². The molecule has 1 amide bonds. The maximum absolute atomic E-state index is 11.8. The first-order chi connectivity index (χ1) is 6.85. The van der Waals surface area contributed by atoms with Gasteiger partial charge in [-0.15, -0.1) is 0 Å². The van der Waals surface area contributed by atoms with Crippen molar-refractivity contribution in [2.45, 2.75) is 46.1 Å². The van der Waals surface area contributed by atoms with E-state index in [4.69, 9.17) is 5.73 Å². The summed E-state index contributed by atoms with van der Waals surface area (Å²) in [7, 11) is 0. The molecule has 0 aromatic carbocycles. The average molecular weight is 212 g/mol. The largest absolute Gasteiger partial charge is 0.354 e. The van der Waals surface area contributed by atoms with Gasteiger partial charge in [0.15, 0.2) is 0 Å². The van der Waals surface area contributed by atoms with E-state index in [1.165, 1.54) is 0 Å². The van der Waals surface area contributed by atoms with Crippen molar-refractivity contribution < 1.29 is 4.79 Å². The molecule has 2 unspecified atom stereocenters. The molecule has 0 heterocycles. The Morgan fingerprint density at radius 1 is 1.47 bits per heavy atom. The fourth-order valence-corrected chi connectivity index (χ4v) is 1.55. The van der Waals surface area contributed by atoms with E-state index >= 15 is 0 Å². The van der Waals surface area contributed by atoms with Crippen LogP contribution in [0.4, 0.5) is 0 Å². The predicted molar refractivity (Wildman–Crippen MR) is 62.3 cm³/mol. The van der Waals surface area contributed by atoms with Crippen LogP contribution in [0.25, 0.3) is 0 Å². The second-order valence-electron chi connectivity index (χ2n) is 5.49. The summed E-state index contributed by atoms with van der Waals surface area (Å²) in [6.45, 7) is 9.06. The van der Waals surface area contributed by atoms with Crippen LogP contribution in [0.2, 0.25) is 0 Å². The Morgan fingerprint density at radius 3 is 2.40 bits per heavy atom. The zero-order chi connectivity index (χ0) is 11.6. The smallest absolute Gasteiger partial charge is 0.240 e. The summed E-state index contributed by atoms with van der Waals surface area (Å²) < 4.78 is 0. The lowest BCUT2D eigenvalue weighted by molar-refractivity contribution is -0.126. The Balaban J connectivity index is 2.35. The van der Waals surface area contributed by atoms with Crippen LogP contribution in [-0.4, -0.2) is 18.0 Å². The summed E-state index contributed by atoms with van der Waals surface area (Å²) >= 11 is 0. The number of nitrogens with two attached hydrogens (primary N) is 1. The summed E-state index contributed by atoms with van der Waals surface area (Å²) in [5.41, 5.74) is 5.36. The van der Waals surface area contributed by atoms with E-state index in [2.05, 4.69) is 26.1 Å². The van der Waals surface area contributed by atoms with Crippen LogP contribution in [0, 0.1) is 17.8 Å². The van der Waals surface area contributed by atoms with Crippen molar-refractivity contribution in [2.75, 3.05) is 6.54 Å². The van der Waals surface area contributed by atoms with Gasteiger partial charge in [0.1, 0.15) is 0 Å². The molecule has 1 aliphatic carbocycles. The molecule has 0 bridgehead atoms. The Morgan fingerprint density at radius 2 is 2.00 bits per heavy atom. The van der Waals surface area contributed by atoms with Crippen molar-refractivity contribution in [2.24, 2.45) is 23.5 Å². The fraction of sp³-hybridized carbons (Fsp3) is 0.917. The topological polar surface area (TPSA) is 55.1 Å². The summed E-state index contributed by atoms with van der Waals surface area (Å²) in [5, 5.41) is 2.96. The molecule has 3 heteroatoms. The molecule has 1 aliphatic rings. The lowest BCUT2D eigenvalue weighted by Crippen LogP contribution is -2.54. The van der Waals surface area contributed by atoms with E-state index in [0.717, 1.165) is 19.4 Å². The van der Waals surface area contributed by atoms with E-state index in [1.54, 1.807) is 0 Å². The van der Waals surface area contributed by atoms with Gasteiger partial charge in [-0.05, 0) is 37.5 Å². The molecule has 0 radical (unpaired) electrons. The van der Waals surface area contributed by atoms with Crippen LogP contribution in [0.3, 0.4) is 0 Å². The number of carbonyl (C=O) groups is 1. The highest BCUT2D eigenvalue weighted by Crippen LogP contribution is 2.38. The quantitative estimate of drug-likeness (QED) is 0.726. The lowest BCUT2D eigenvalue weighted by Gasteiger charge is -2.25. The highest BCUT2D eigenvalue weighted by atomic mass is 16.2. The van der Waals surface area contributed by atoms with Gasteiger partial charge in [0, 0.05) is 6.54 Å². The van der Waals surface area contributed by atoms with Crippen LogP contribution >= 0.6 is 0 Å². The second kappa shape index (κ2) is 4.52. The fourth-order valence-electron chi connectivity index (χ4n) is 1.55. The standard InChI is InChI=1S/C12H24N2O/c1-8(2)9(3)7-14-11(15)12(4,13)10-5-6-10/h8-10H,5-7,13H2,1-4H3,(H,14,15). The minimum absolute atomic E-state index is 0.0116. The first-order valence-corrected chi connectivity index (χ1v) is 5.93. The minimum Gasteiger partial charge on any atom is -0.354 e. The van der Waals surface area contributed by atoms with Gasteiger partial charge in [-0.2, -0.15) is 0 Å². The molecule has 2 atom stereocenters. The van der Waals surface area contributed by atoms with Crippen molar-refractivity contribution in [3.05, 3.63) is 0 Å². The van der Waals surface area contributed by atoms with Gasteiger partial charge < -0.3 is 11.1 Å².